The molecule has 4 aromatic rings. The largest absolute Gasteiger partial charge is 0.481 e. The average Bonchev–Trinajstić information content (AvgIpc) is 3.64. The molecule has 1 fully saturated rings. The molecule has 0 radical (unpaired) electrons. The molecule has 0 unspecified atom stereocenters. The van der Waals surface area contributed by atoms with Crippen molar-refractivity contribution in [3.8, 4) is 21.6 Å². The van der Waals surface area contributed by atoms with E-state index in [1.807, 2.05) is 92.7 Å². The molecule has 0 aliphatic heterocycles. The highest BCUT2D eigenvalue weighted by molar-refractivity contribution is 7.10. The molecule has 1 atom stereocenters. The van der Waals surface area contributed by atoms with Gasteiger partial charge in [-0.15, -0.1) is 0 Å². The fourth-order valence-electron chi connectivity index (χ4n) is 4.34. The molecular weight excluding hydrogens is 472 g/mol. The number of aliphatic carboxylic acids is 1. The molecule has 1 heterocycles. The van der Waals surface area contributed by atoms with Crippen molar-refractivity contribution in [2.75, 3.05) is 5.32 Å². The van der Waals surface area contributed by atoms with Crippen molar-refractivity contribution in [1.29, 1.82) is 0 Å². The first-order valence-corrected chi connectivity index (χ1v) is 12.6. The molecule has 0 saturated heterocycles. The molecule has 7 heteroatoms. The van der Waals surface area contributed by atoms with E-state index in [4.69, 9.17) is 4.74 Å². The molecule has 0 spiro atoms. The molecule has 1 aliphatic carbocycles. The minimum atomic E-state index is -0.748. The van der Waals surface area contributed by atoms with Gasteiger partial charge < -0.3 is 9.84 Å². The van der Waals surface area contributed by atoms with Gasteiger partial charge in [0.05, 0.1) is 21.7 Å². The molecule has 36 heavy (non-hydrogen) atoms. The number of hydrogen-bond acceptors (Lipinski definition) is 5. The van der Waals surface area contributed by atoms with Crippen LogP contribution in [0, 0.1) is 6.92 Å². The van der Waals surface area contributed by atoms with E-state index < -0.39 is 17.5 Å². The van der Waals surface area contributed by atoms with Crippen LogP contribution in [0.25, 0.3) is 21.6 Å². The molecule has 182 valence electrons. The number of aromatic nitrogens is 1. The van der Waals surface area contributed by atoms with E-state index in [2.05, 4.69) is 9.69 Å². The Morgan fingerprint density at radius 3 is 2.11 bits per heavy atom. The van der Waals surface area contributed by atoms with E-state index in [9.17, 15) is 14.7 Å². The van der Waals surface area contributed by atoms with Gasteiger partial charge in [-0.25, -0.2) is 4.79 Å². The first-order valence-electron chi connectivity index (χ1n) is 11.8. The van der Waals surface area contributed by atoms with Crippen molar-refractivity contribution in [3.63, 3.8) is 0 Å². The lowest BCUT2D eigenvalue weighted by Crippen LogP contribution is -2.19. The molecule has 1 aromatic heterocycles. The van der Waals surface area contributed by atoms with Crippen LogP contribution in [0.3, 0.4) is 0 Å². The second-order valence-corrected chi connectivity index (χ2v) is 9.87. The fraction of sp³-hybridized carbons (Fsp3) is 0.207. The van der Waals surface area contributed by atoms with E-state index >= 15 is 0 Å². The van der Waals surface area contributed by atoms with Crippen LogP contribution in [0.15, 0.2) is 78.9 Å². The number of carboxylic acid groups (broad SMARTS) is 1. The second-order valence-electron chi connectivity index (χ2n) is 9.10. The zero-order chi connectivity index (χ0) is 25.3. The van der Waals surface area contributed by atoms with E-state index in [-0.39, 0.29) is 6.10 Å². The first kappa shape index (κ1) is 23.8. The molecule has 5 rings (SSSR count). The van der Waals surface area contributed by atoms with E-state index in [0.29, 0.717) is 18.5 Å². The summed E-state index contributed by atoms with van der Waals surface area (Å²) in [5.41, 5.74) is 5.44. The van der Waals surface area contributed by atoms with E-state index in [1.165, 1.54) is 11.5 Å². The highest BCUT2D eigenvalue weighted by Gasteiger charge is 2.51. The molecule has 3 aromatic carbocycles. The van der Waals surface area contributed by atoms with Crippen LogP contribution >= 0.6 is 11.5 Å². The van der Waals surface area contributed by atoms with Gasteiger partial charge in [0.25, 0.3) is 0 Å². The highest BCUT2D eigenvalue weighted by Crippen LogP contribution is 2.48. The monoisotopic (exact) mass is 498 g/mol. The Morgan fingerprint density at radius 2 is 1.53 bits per heavy atom. The van der Waals surface area contributed by atoms with Crippen molar-refractivity contribution in [2.45, 2.75) is 38.2 Å². The fourth-order valence-corrected chi connectivity index (χ4v) is 5.20. The number of ether oxygens (including phenoxy) is 1. The van der Waals surface area contributed by atoms with Crippen LogP contribution in [0.2, 0.25) is 0 Å². The Labute approximate surface area is 213 Å². The van der Waals surface area contributed by atoms with Gasteiger partial charge in [0.1, 0.15) is 6.10 Å². The SMILES string of the molecule is Cc1nsc(-c2ccc(-c3ccc(C4(C(=O)O)CC4)cc3)cc2)c1NC(=O)O[C@H](C)c1ccccc1. The van der Waals surface area contributed by atoms with Crippen LogP contribution in [0.5, 0.6) is 0 Å². The number of hydrogen-bond donors (Lipinski definition) is 2. The van der Waals surface area contributed by atoms with Gasteiger partial charge in [0.15, 0.2) is 0 Å². The second kappa shape index (κ2) is 9.59. The van der Waals surface area contributed by atoms with Gasteiger partial charge in [-0.05, 0) is 66.0 Å². The van der Waals surface area contributed by atoms with E-state index in [0.717, 1.165) is 38.4 Å². The van der Waals surface area contributed by atoms with Gasteiger partial charge in [-0.1, -0.05) is 78.9 Å². The number of benzene rings is 3. The van der Waals surface area contributed by atoms with Gasteiger partial charge in [0.2, 0.25) is 0 Å². The number of amides is 1. The van der Waals surface area contributed by atoms with Crippen molar-refractivity contribution >= 4 is 29.3 Å². The van der Waals surface area contributed by atoms with Crippen LogP contribution in [0.1, 0.15) is 42.7 Å². The maximum atomic E-state index is 12.6. The summed E-state index contributed by atoms with van der Waals surface area (Å²) in [6.07, 6.45) is 0.485. The number of nitrogens with one attached hydrogen (secondary N) is 1. The summed E-state index contributed by atoms with van der Waals surface area (Å²) in [6.45, 7) is 3.70. The maximum Gasteiger partial charge on any atom is 0.412 e. The van der Waals surface area contributed by atoms with Crippen molar-refractivity contribution in [3.05, 3.63) is 95.7 Å². The zero-order valence-electron chi connectivity index (χ0n) is 20.0. The highest BCUT2D eigenvalue weighted by atomic mass is 32.1. The van der Waals surface area contributed by atoms with Gasteiger partial charge >= 0.3 is 12.1 Å². The lowest BCUT2D eigenvalue weighted by atomic mass is 9.93. The standard InChI is InChI=1S/C29H26N2O4S/c1-18-25(30-28(34)35-19(2)20-6-4-3-5-7-20)26(36-31-18)23-10-8-21(9-11-23)22-12-14-24(15-13-22)29(16-17-29)27(32)33/h3-15,19H,16-17H2,1-2H3,(H,30,34)(H,32,33)/t19-/m1/s1. The summed E-state index contributed by atoms with van der Waals surface area (Å²) >= 11 is 1.33. The van der Waals surface area contributed by atoms with Crippen LogP contribution in [-0.2, 0) is 14.9 Å². The van der Waals surface area contributed by atoms with Gasteiger partial charge in [0, 0.05) is 0 Å². The number of carbonyl (C=O) groups is 2. The lowest BCUT2D eigenvalue weighted by molar-refractivity contribution is -0.140. The Hall–Kier alpha value is -3.97. The van der Waals surface area contributed by atoms with Crippen LogP contribution in [-0.4, -0.2) is 21.5 Å². The summed E-state index contributed by atoms with van der Waals surface area (Å²) in [7, 11) is 0. The number of anilines is 1. The molecular formula is C29H26N2O4S. The summed E-state index contributed by atoms with van der Waals surface area (Å²) in [5.74, 6) is -0.748. The number of rotatable bonds is 7. The Morgan fingerprint density at radius 1 is 0.944 bits per heavy atom. The molecule has 2 N–H and O–H groups in total. The number of nitrogens with zero attached hydrogens (tertiary/aromatic N) is 1. The first-order chi connectivity index (χ1) is 17.4. The summed E-state index contributed by atoms with van der Waals surface area (Å²) in [5, 5.41) is 12.4. The minimum Gasteiger partial charge on any atom is -0.481 e. The third kappa shape index (κ3) is 4.62. The lowest BCUT2D eigenvalue weighted by Gasteiger charge is -2.15. The van der Waals surface area contributed by atoms with Crippen LogP contribution in [0.4, 0.5) is 10.5 Å². The minimum absolute atomic E-state index is 0.377. The summed E-state index contributed by atoms with van der Waals surface area (Å²) in [4.78, 5) is 25.1. The average molecular weight is 499 g/mol. The molecule has 1 saturated carbocycles. The van der Waals surface area contributed by atoms with Crippen molar-refractivity contribution < 1.29 is 19.4 Å². The third-order valence-electron chi connectivity index (χ3n) is 6.72. The third-order valence-corrected chi connectivity index (χ3v) is 7.71. The predicted octanol–water partition coefficient (Wildman–Crippen LogP) is 7.21. The number of carbonyl (C=O) groups excluding carboxylic acids is 1. The van der Waals surface area contributed by atoms with Crippen LogP contribution < -0.4 is 5.32 Å². The molecule has 6 nitrogen and oxygen atoms in total. The Kier molecular flexibility index (Phi) is 6.33. The Balaban J connectivity index is 1.30. The number of carboxylic acids is 1. The molecule has 0 bridgehead atoms. The van der Waals surface area contributed by atoms with Gasteiger partial charge in [-0.3, -0.25) is 10.1 Å². The summed E-state index contributed by atoms with van der Waals surface area (Å²) in [6, 6.07) is 25.4. The molecule has 1 aliphatic rings. The Bertz CT molecular complexity index is 1390. The summed E-state index contributed by atoms with van der Waals surface area (Å²) < 4.78 is 10.0. The van der Waals surface area contributed by atoms with Crippen molar-refractivity contribution in [1.82, 2.24) is 4.37 Å². The maximum absolute atomic E-state index is 12.6. The van der Waals surface area contributed by atoms with Crippen molar-refractivity contribution in [2.24, 2.45) is 0 Å². The quantitative estimate of drug-likeness (QED) is 0.281. The predicted molar refractivity (Wildman–Crippen MR) is 141 cm³/mol. The van der Waals surface area contributed by atoms with E-state index in [1.54, 1.807) is 0 Å². The number of aryl methyl sites for hydroxylation is 1. The smallest absolute Gasteiger partial charge is 0.412 e. The topological polar surface area (TPSA) is 88.5 Å². The molecule has 1 amide bonds. The normalized spacial score (nSPS) is 14.6. The zero-order valence-corrected chi connectivity index (χ0v) is 20.8. The van der Waals surface area contributed by atoms with Gasteiger partial charge in [-0.2, -0.15) is 4.37 Å².